The summed E-state index contributed by atoms with van der Waals surface area (Å²) in [4.78, 5) is 22.7. The van der Waals surface area contributed by atoms with Gasteiger partial charge >= 0.3 is 5.97 Å². The first kappa shape index (κ1) is 14.7. The Morgan fingerprint density at radius 3 is 2.24 bits per heavy atom. The lowest BCUT2D eigenvalue weighted by atomic mass is 10.1. The summed E-state index contributed by atoms with van der Waals surface area (Å²) in [6.45, 7) is 0. The Bertz CT molecular complexity index is 670. The van der Waals surface area contributed by atoms with Crippen molar-refractivity contribution in [1.29, 1.82) is 0 Å². The van der Waals surface area contributed by atoms with Crippen molar-refractivity contribution in [2.24, 2.45) is 0 Å². The highest BCUT2D eigenvalue weighted by atomic mass is 19.1. The zero-order valence-corrected chi connectivity index (χ0v) is 11.2. The van der Waals surface area contributed by atoms with E-state index in [0.717, 1.165) is 0 Å². The second kappa shape index (κ2) is 6.65. The molecule has 0 unspecified atom stereocenters. The Labute approximate surface area is 121 Å². The smallest absolute Gasteiger partial charge is 0.307 e. The van der Waals surface area contributed by atoms with Crippen LogP contribution in [0.5, 0.6) is 0 Å². The van der Waals surface area contributed by atoms with Gasteiger partial charge < -0.3 is 10.4 Å². The number of carbonyl (C=O) groups excluding carboxylic acids is 1. The molecule has 0 spiro atoms. The van der Waals surface area contributed by atoms with Gasteiger partial charge in [-0.3, -0.25) is 9.59 Å². The highest BCUT2D eigenvalue weighted by Crippen LogP contribution is 2.16. The van der Waals surface area contributed by atoms with Gasteiger partial charge in [0.25, 0.3) is 0 Å². The summed E-state index contributed by atoms with van der Waals surface area (Å²) in [6, 6.07) is 12.7. The summed E-state index contributed by atoms with van der Waals surface area (Å²) in [6.07, 6.45) is -0.287. The highest BCUT2D eigenvalue weighted by Gasteiger charge is 2.11. The number of hydrogen-bond donors (Lipinski definition) is 2. The van der Waals surface area contributed by atoms with E-state index in [1.165, 1.54) is 12.1 Å². The molecule has 0 aromatic heterocycles. The van der Waals surface area contributed by atoms with Crippen molar-refractivity contribution in [1.82, 2.24) is 0 Å². The lowest BCUT2D eigenvalue weighted by molar-refractivity contribution is -0.136. The quantitative estimate of drug-likeness (QED) is 0.888. The molecule has 5 heteroatoms. The first-order chi connectivity index (χ1) is 10.1. The van der Waals surface area contributed by atoms with Crippen LogP contribution in [-0.2, 0) is 22.4 Å². The van der Waals surface area contributed by atoms with Gasteiger partial charge in [0.05, 0.1) is 12.8 Å². The zero-order valence-electron chi connectivity index (χ0n) is 11.2. The summed E-state index contributed by atoms with van der Waals surface area (Å²) >= 11 is 0. The van der Waals surface area contributed by atoms with Gasteiger partial charge in [0.15, 0.2) is 0 Å². The van der Waals surface area contributed by atoms with E-state index in [4.69, 9.17) is 5.11 Å². The molecule has 1 amide bonds. The van der Waals surface area contributed by atoms with E-state index in [0.29, 0.717) is 16.8 Å². The molecule has 0 fully saturated rings. The van der Waals surface area contributed by atoms with Crippen LogP contribution in [0.3, 0.4) is 0 Å². The van der Waals surface area contributed by atoms with Crippen LogP contribution in [0.25, 0.3) is 0 Å². The SMILES string of the molecule is O=C(O)Cc1ccccc1NC(=O)Cc1ccccc1F. The summed E-state index contributed by atoms with van der Waals surface area (Å²) in [5.41, 5.74) is 1.24. The maximum atomic E-state index is 13.5. The first-order valence-electron chi connectivity index (χ1n) is 6.39. The first-order valence-corrected chi connectivity index (χ1v) is 6.39. The predicted octanol–water partition coefficient (Wildman–Crippen LogP) is 2.63. The summed E-state index contributed by atoms with van der Waals surface area (Å²) < 4.78 is 13.5. The number of anilines is 1. The molecule has 4 nitrogen and oxygen atoms in total. The number of benzene rings is 2. The zero-order chi connectivity index (χ0) is 15.2. The molecule has 0 atom stereocenters. The van der Waals surface area contributed by atoms with E-state index in [9.17, 15) is 14.0 Å². The number of halogens is 1. The van der Waals surface area contributed by atoms with Gasteiger partial charge in [-0.1, -0.05) is 36.4 Å². The minimum absolute atomic E-state index is 0.103. The Morgan fingerprint density at radius 1 is 0.952 bits per heavy atom. The molecule has 0 saturated carbocycles. The van der Waals surface area contributed by atoms with Crippen molar-refractivity contribution < 1.29 is 19.1 Å². The number of hydrogen-bond acceptors (Lipinski definition) is 2. The summed E-state index contributed by atoms with van der Waals surface area (Å²) in [5, 5.41) is 11.5. The standard InChI is InChI=1S/C16H14FNO3/c17-13-7-3-1-5-11(13)9-15(19)18-14-8-4-2-6-12(14)10-16(20)21/h1-8H,9-10H2,(H,18,19)(H,20,21). The number of carboxylic acids is 1. The number of aliphatic carboxylic acids is 1. The fourth-order valence-electron chi connectivity index (χ4n) is 1.97. The lowest BCUT2D eigenvalue weighted by Gasteiger charge is -2.10. The van der Waals surface area contributed by atoms with Crippen molar-refractivity contribution in [2.45, 2.75) is 12.8 Å². The van der Waals surface area contributed by atoms with Crippen molar-refractivity contribution in [3.8, 4) is 0 Å². The maximum Gasteiger partial charge on any atom is 0.307 e. The minimum atomic E-state index is -0.981. The molecule has 0 saturated heterocycles. The van der Waals surface area contributed by atoms with Crippen LogP contribution >= 0.6 is 0 Å². The largest absolute Gasteiger partial charge is 0.481 e. The van der Waals surface area contributed by atoms with Crippen LogP contribution in [-0.4, -0.2) is 17.0 Å². The molecule has 0 bridgehead atoms. The number of rotatable bonds is 5. The Kier molecular flexibility index (Phi) is 4.66. The minimum Gasteiger partial charge on any atom is -0.481 e. The van der Waals surface area contributed by atoms with Crippen LogP contribution in [0.1, 0.15) is 11.1 Å². The molecule has 0 aliphatic carbocycles. The van der Waals surface area contributed by atoms with Crippen molar-refractivity contribution in [3.05, 3.63) is 65.5 Å². The van der Waals surface area contributed by atoms with Crippen molar-refractivity contribution in [3.63, 3.8) is 0 Å². The molecular formula is C16H14FNO3. The van der Waals surface area contributed by atoms with Crippen LogP contribution in [0.4, 0.5) is 10.1 Å². The van der Waals surface area contributed by atoms with Crippen LogP contribution in [0, 0.1) is 5.82 Å². The van der Waals surface area contributed by atoms with Crippen LogP contribution in [0.15, 0.2) is 48.5 Å². The van der Waals surface area contributed by atoms with Gasteiger partial charge in [0, 0.05) is 5.69 Å². The van der Waals surface area contributed by atoms with Gasteiger partial charge in [-0.15, -0.1) is 0 Å². The van der Waals surface area contributed by atoms with E-state index in [1.54, 1.807) is 36.4 Å². The third-order valence-electron chi connectivity index (χ3n) is 2.94. The van der Waals surface area contributed by atoms with Gasteiger partial charge in [-0.2, -0.15) is 0 Å². The van der Waals surface area contributed by atoms with Crippen LogP contribution < -0.4 is 5.32 Å². The molecule has 0 heterocycles. The number of para-hydroxylation sites is 1. The molecule has 2 aromatic rings. The number of carboxylic acid groups (broad SMARTS) is 1. The topological polar surface area (TPSA) is 66.4 Å². The molecule has 2 N–H and O–H groups in total. The molecule has 21 heavy (non-hydrogen) atoms. The number of carbonyl (C=O) groups is 2. The number of amides is 1. The van der Waals surface area contributed by atoms with E-state index in [-0.39, 0.29) is 12.8 Å². The fourth-order valence-corrected chi connectivity index (χ4v) is 1.97. The maximum absolute atomic E-state index is 13.5. The summed E-state index contributed by atoms with van der Waals surface area (Å²) in [7, 11) is 0. The number of nitrogens with one attached hydrogen (secondary N) is 1. The second-order valence-electron chi connectivity index (χ2n) is 4.54. The monoisotopic (exact) mass is 287 g/mol. The average Bonchev–Trinajstić information content (AvgIpc) is 2.43. The van der Waals surface area contributed by atoms with Crippen LogP contribution in [0.2, 0.25) is 0 Å². The summed E-state index contributed by atoms with van der Waals surface area (Å²) in [5.74, 6) is -1.81. The predicted molar refractivity (Wildman–Crippen MR) is 76.5 cm³/mol. The average molecular weight is 287 g/mol. The van der Waals surface area contributed by atoms with E-state index >= 15 is 0 Å². The Balaban J connectivity index is 2.10. The van der Waals surface area contributed by atoms with Gasteiger partial charge in [0.1, 0.15) is 5.82 Å². The Hall–Kier alpha value is -2.69. The van der Waals surface area contributed by atoms with Gasteiger partial charge in [0.2, 0.25) is 5.91 Å². The third-order valence-corrected chi connectivity index (χ3v) is 2.94. The van der Waals surface area contributed by atoms with Crippen molar-refractivity contribution in [2.75, 3.05) is 5.32 Å². The molecule has 108 valence electrons. The molecular weight excluding hydrogens is 273 g/mol. The highest BCUT2D eigenvalue weighted by molar-refractivity contribution is 5.93. The van der Waals surface area contributed by atoms with E-state index in [2.05, 4.69) is 5.32 Å². The molecule has 0 radical (unpaired) electrons. The molecule has 0 aliphatic rings. The Morgan fingerprint density at radius 2 is 1.57 bits per heavy atom. The lowest BCUT2D eigenvalue weighted by Crippen LogP contribution is -2.17. The second-order valence-corrected chi connectivity index (χ2v) is 4.54. The molecule has 2 aromatic carbocycles. The normalized spacial score (nSPS) is 10.1. The third kappa shape index (κ3) is 4.14. The fraction of sp³-hybridized carbons (Fsp3) is 0.125. The van der Waals surface area contributed by atoms with Gasteiger partial charge in [-0.25, -0.2) is 4.39 Å². The van der Waals surface area contributed by atoms with Gasteiger partial charge in [-0.05, 0) is 23.3 Å². The van der Waals surface area contributed by atoms with E-state index < -0.39 is 17.7 Å². The molecule has 2 rings (SSSR count). The molecule has 0 aliphatic heterocycles. The van der Waals surface area contributed by atoms with E-state index in [1.807, 2.05) is 0 Å². The van der Waals surface area contributed by atoms with Crippen molar-refractivity contribution >= 4 is 17.6 Å².